The van der Waals surface area contributed by atoms with Gasteiger partial charge in [-0.05, 0) is 97.9 Å². The van der Waals surface area contributed by atoms with E-state index in [0.717, 1.165) is 179 Å². The smallest absolute Gasteiger partial charge is 0.303 e. The first kappa shape index (κ1) is 115. The summed E-state index contributed by atoms with van der Waals surface area (Å²) < 4.78 is 97.0. The van der Waals surface area contributed by atoms with E-state index in [1.165, 1.54) is 32.0 Å². The van der Waals surface area contributed by atoms with Gasteiger partial charge in [0.25, 0.3) is 11.8 Å². The molecule has 4 unspecified atom stereocenters. The van der Waals surface area contributed by atoms with Gasteiger partial charge in [0.15, 0.2) is 37.0 Å². The molecule has 7 amide bonds. The minimum absolute atomic E-state index is 0.00177. The van der Waals surface area contributed by atoms with Crippen molar-refractivity contribution >= 4 is 82.9 Å². The third-order valence-electron chi connectivity index (χ3n) is 23.5. The Labute approximate surface area is 814 Å². The minimum Gasteiger partial charge on any atom is -0.497 e. The number of nitrogens with one attached hydrogen (secondary N) is 7. The fourth-order valence-electron chi connectivity index (χ4n) is 16.6. The van der Waals surface area contributed by atoms with Gasteiger partial charge in [-0.1, -0.05) is 139 Å². The van der Waals surface area contributed by atoms with E-state index >= 15 is 0 Å². The number of benzene rings is 4. The zero-order valence-electron chi connectivity index (χ0n) is 82.3. The number of anilines is 1. The number of aliphatic hydroxyl groups is 1. The minimum atomic E-state index is -1.31. The van der Waals surface area contributed by atoms with Crippen molar-refractivity contribution in [2.24, 2.45) is 11.3 Å². The second-order valence-corrected chi connectivity index (χ2v) is 34.8. The number of unbranched alkanes of at least 4 members (excludes halogenated alkanes) is 14. The molecule has 7 rings (SSSR count). The Kier molecular flexibility index (Phi) is 52.2. The number of carbonyl (C=O) groups is 13. The monoisotopic (exact) mass is 1960 g/mol. The normalized spacial score (nSPS) is 20.0. The first-order valence-electron chi connectivity index (χ1n) is 48.1. The average Bonchev–Trinajstić information content (AvgIpc) is 1.39. The van der Waals surface area contributed by atoms with Gasteiger partial charge in [-0.3, -0.25) is 62.3 Å². The fraction of sp³-hybridized carbons (Fsp3) is 0.630. The van der Waals surface area contributed by atoms with E-state index in [-0.39, 0.29) is 133 Å². The number of nitrogens with zero attached hydrogens (tertiary/aromatic N) is 1. The standard InChI is InChI=1S/C100H146N8O31/c1-67(110)105-89-93(136-73(7)116)91(134-71(5)114)84(63-131-69(3)112)138-97(89)129-55-53-127-51-49-125-47-45-102-95(121)75-57-76(96(122)103-46-48-126-50-52-128-54-56-130-98-90(106-68(2)111)94(137-74(8)117)92(135-72(6)115)85(139-98)64-132-70(4)113)59-81(58-75)107-87(119)60-104-86(118)33-27-20-16-13-12-14-18-22-29-43-101-44-30-23-19-15-17-21-28-34-88(120)108-61-80(99(9,65-108)66-109)62-133-100(77-31-25-24-26-32-77,78-35-39-82(123-10)40-36-78)79-37-41-83(124-11)42-38-79/h24-26,31-32,35-42,57-59,80,84-85,89-94,97-98,101,109H,12-23,27-30,33-34,43-56,60-66H2,1-11H3,(H,102,121)(H,103,122)(H,104,118)(H,105,110)(H,106,111)(H,107,119)/t80?,84-,85-,89-,90-,91+,92+,93-,94-,97?,98?,99?/m1/s1. The molecule has 4 aromatic carbocycles. The Morgan fingerprint density at radius 3 is 1.24 bits per heavy atom. The fourth-order valence-corrected chi connectivity index (χ4v) is 16.6. The van der Waals surface area contributed by atoms with Crippen molar-refractivity contribution in [2.45, 2.75) is 245 Å². The number of carbonyl (C=O) groups excluding carboxylic acids is 13. The summed E-state index contributed by atoms with van der Waals surface area (Å²) in [6.07, 6.45) is 7.30. The van der Waals surface area contributed by atoms with E-state index in [9.17, 15) is 67.4 Å². The van der Waals surface area contributed by atoms with E-state index in [4.69, 9.17) is 80.5 Å². The molecule has 4 aromatic rings. The SMILES string of the molecule is COc1ccc(C(OCC2CN(C(=O)CCCCCCCCCNCCCCCCCCCCCC(=O)NCC(=O)Nc3cc(C(=O)NCCOCCOCCOC4O[C@H](COC(C)=O)[C@H](OC(C)=O)[C@H](OC(C)=O)[C@H]4NC(C)=O)cc(C(=O)NCCOCCOCCOC4O[C@H](COC(C)=O)[C@H](OC(C)=O)[C@H](OC(C)=O)[C@H]4NC(C)=O)c3)CC2(C)CO)(c2ccccc2)c2ccc(OC)cc2)cc1. The zero-order valence-corrected chi connectivity index (χ0v) is 82.3. The highest BCUT2D eigenvalue weighted by atomic mass is 16.7. The Balaban J connectivity index is 0.767. The van der Waals surface area contributed by atoms with Crippen LogP contribution in [0.5, 0.6) is 11.5 Å². The molecule has 39 heteroatoms. The molecule has 39 nitrogen and oxygen atoms in total. The lowest BCUT2D eigenvalue weighted by molar-refractivity contribution is -0.279. The van der Waals surface area contributed by atoms with Crippen LogP contribution < -0.4 is 46.7 Å². The van der Waals surface area contributed by atoms with Crippen LogP contribution in [0.1, 0.15) is 215 Å². The zero-order chi connectivity index (χ0) is 101. The van der Waals surface area contributed by atoms with Gasteiger partial charge in [-0.2, -0.15) is 0 Å². The van der Waals surface area contributed by atoms with Crippen LogP contribution in [0.2, 0.25) is 0 Å². The van der Waals surface area contributed by atoms with Crippen LogP contribution in [0.3, 0.4) is 0 Å². The summed E-state index contributed by atoms with van der Waals surface area (Å²) in [7, 11) is 3.29. The molecule has 0 bridgehead atoms. The van der Waals surface area contributed by atoms with Crippen molar-refractivity contribution in [3.8, 4) is 11.5 Å². The third-order valence-corrected chi connectivity index (χ3v) is 23.5. The van der Waals surface area contributed by atoms with Crippen molar-refractivity contribution in [3.05, 3.63) is 125 Å². The van der Waals surface area contributed by atoms with E-state index < -0.39 is 151 Å². The number of likely N-dealkylation sites (tertiary alicyclic amines) is 1. The maximum atomic E-state index is 13.8. The quantitative estimate of drug-likeness (QED) is 0.00907. The first-order valence-corrected chi connectivity index (χ1v) is 48.1. The number of methoxy groups -OCH3 is 2. The highest BCUT2D eigenvalue weighted by Gasteiger charge is 2.54. The van der Waals surface area contributed by atoms with E-state index in [2.05, 4.69) is 56.3 Å². The van der Waals surface area contributed by atoms with Crippen molar-refractivity contribution in [3.63, 3.8) is 0 Å². The first-order chi connectivity index (χ1) is 66.9. The Morgan fingerprint density at radius 1 is 0.432 bits per heavy atom. The summed E-state index contributed by atoms with van der Waals surface area (Å²) >= 11 is 0. The molecule has 3 heterocycles. The lowest BCUT2D eigenvalue weighted by atomic mass is 9.78. The van der Waals surface area contributed by atoms with Gasteiger partial charge in [0.2, 0.25) is 29.5 Å². The number of aliphatic hydroxyl groups excluding tert-OH is 1. The van der Waals surface area contributed by atoms with E-state index in [0.29, 0.717) is 32.5 Å². The molecule has 772 valence electrons. The molecule has 3 aliphatic rings. The van der Waals surface area contributed by atoms with Gasteiger partial charge in [-0.25, -0.2) is 0 Å². The molecule has 12 atom stereocenters. The van der Waals surface area contributed by atoms with Crippen LogP contribution in [0.4, 0.5) is 5.69 Å². The molecule has 0 aliphatic carbocycles. The molecule has 0 spiro atoms. The van der Waals surface area contributed by atoms with Gasteiger partial charge >= 0.3 is 35.8 Å². The van der Waals surface area contributed by atoms with E-state index in [1.807, 2.05) is 71.6 Å². The second kappa shape index (κ2) is 63.0. The van der Waals surface area contributed by atoms with Crippen LogP contribution >= 0.6 is 0 Å². The maximum absolute atomic E-state index is 13.8. The van der Waals surface area contributed by atoms with Crippen LogP contribution in [0.25, 0.3) is 0 Å². The Hall–Kier alpha value is -10.9. The predicted octanol–water partition coefficient (Wildman–Crippen LogP) is 7.71. The molecule has 3 fully saturated rings. The molecule has 139 heavy (non-hydrogen) atoms. The number of esters is 6. The molecule has 8 N–H and O–H groups in total. The number of amides is 7. The summed E-state index contributed by atoms with van der Waals surface area (Å²) in [5.74, 6) is -6.18. The summed E-state index contributed by atoms with van der Waals surface area (Å²) in [6.45, 7) is 13.2. The summed E-state index contributed by atoms with van der Waals surface area (Å²) in [5.41, 5.74) is 1.31. The molecule has 3 saturated heterocycles. The summed E-state index contributed by atoms with van der Waals surface area (Å²) in [5, 5.41) is 30.5. The van der Waals surface area contributed by atoms with Crippen molar-refractivity contribution in [2.75, 3.05) is 158 Å². The maximum Gasteiger partial charge on any atom is 0.303 e. The third kappa shape index (κ3) is 41.1. The molecular formula is C100H146N8O31. The number of hydrogen-bond donors (Lipinski definition) is 8. The number of rotatable bonds is 66. The summed E-state index contributed by atoms with van der Waals surface area (Å²) in [6, 6.07) is 27.7. The van der Waals surface area contributed by atoms with Gasteiger partial charge in [0.05, 0.1) is 100 Å². The van der Waals surface area contributed by atoms with Crippen LogP contribution in [0, 0.1) is 11.3 Å². The molecule has 3 aliphatic heterocycles. The average molecular weight is 1960 g/mol. The molecule has 0 aromatic heterocycles. The van der Waals surface area contributed by atoms with Crippen molar-refractivity contribution < 1.29 is 148 Å². The van der Waals surface area contributed by atoms with Crippen LogP contribution in [0.15, 0.2) is 97.1 Å². The topological polar surface area (TPSA) is 486 Å². The van der Waals surface area contributed by atoms with Crippen molar-refractivity contribution in [1.29, 1.82) is 0 Å². The lowest BCUT2D eigenvalue weighted by Gasteiger charge is -2.44. The molecular weight excluding hydrogens is 1810 g/mol. The Bertz CT molecular complexity index is 4270. The van der Waals surface area contributed by atoms with Crippen LogP contribution in [-0.2, 0) is 129 Å². The van der Waals surface area contributed by atoms with E-state index in [1.54, 1.807) is 14.2 Å². The number of hydrogen-bond acceptors (Lipinski definition) is 32. The second-order valence-electron chi connectivity index (χ2n) is 34.8. The largest absolute Gasteiger partial charge is 0.497 e. The highest BCUT2D eigenvalue weighted by Crippen LogP contribution is 2.45. The molecule has 0 radical (unpaired) electrons. The van der Waals surface area contributed by atoms with Gasteiger partial charge in [0.1, 0.15) is 54.6 Å². The van der Waals surface area contributed by atoms with Gasteiger partial charge < -0.3 is 128 Å². The van der Waals surface area contributed by atoms with Crippen LogP contribution in [-0.4, -0.2) is 301 Å². The van der Waals surface area contributed by atoms with Gasteiger partial charge in [-0.15, -0.1) is 0 Å². The predicted molar refractivity (Wildman–Crippen MR) is 505 cm³/mol. The highest BCUT2D eigenvalue weighted by molar-refractivity contribution is 6.03. The summed E-state index contributed by atoms with van der Waals surface area (Å²) in [4.78, 5) is 166. The van der Waals surface area contributed by atoms with Gasteiger partial charge in [0, 0.05) is 123 Å². The Morgan fingerprint density at radius 2 is 0.827 bits per heavy atom. The van der Waals surface area contributed by atoms with Crippen molar-refractivity contribution in [1.82, 2.24) is 36.8 Å². The molecule has 0 saturated carbocycles. The number of ether oxygens (including phenoxy) is 17. The lowest BCUT2D eigenvalue weighted by Crippen LogP contribution is -2.66.